The van der Waals surface area contributed by atoms with E-state index in [-0.39, 0.29) is 0 Å². The van der Waals surface area contributed by atoms with Crippen LogP contribution in [0.25, 0.3) is 10.8 Å². The van der Waals surface area contributed by atoms with E-state index in [1.54, 1.807) is 39.4 Å². The smallest absolute Gasteiger partial charge is 0.405 e. The second-order valence-corrected chi connectivity index (χ2v) is 5.27. The number of carbonyl (C=O) groups is 1. The lowest BCUT2D eigenvalue weighted by molar-refractivity contribution is 0.182. The van der Waals surface area contributed by atoms with Gasteiger partial charge in [-0.3, -0.25) is 0 Å². The molecular formula is C13H15ClN4O2. The van der Waals surface area contributed by atoms with Crippen LogP contribution >= 0.6 is 11.6 Å². The molecule has 6 nitrogen and oxygen atoms in total. The number of nitrogens with one attached hydrogen (secondary N) is 2. The second-order valence-electron chi connectivity index (χ2n) is 4.88. The first-order valence-electron chi connectivity index (χ1n) is 5.99. The molecule has 0 bridgehead atoms. The van der Waals surface area contributed by atoms with Gasteiger partial charge in [0.1, 0.15) is 11.0 Å². The summed E-state index contributed by atoms with van der Waals surface area (Å²) in [6, 6.07) is 1.71. The third kappa shape index (κ3) is 2.60. The number of hydrogen-bond donors (Lipinski definition) is 3. The van der Waals surface area contributed by atoms with E-state index >= 15 is 0 Å². The lowest BCUT2D eigenvalue weighted by Gasteiger charge is -2.26. The molecule has 0 saturated carbocycles. The number of fused-ring (bicyclic) bond motifs is 1. The SMILES string of the molecule is CNc1ncc(C(C)(C)NC(=O)O)c2cc(Cl)ncc12. The molecule has 0 aliphatic carbocycles. The monoisotopic (exact) mass is 294 g/mol. The molecule has 2 heterocycles. The van der Waals surface area contributed by atoms with E-state index in [1.807, 2.05) is 0 Å². The fourth-order valence-corrected chi connectivity index (χ4v) is 2.30. The van der Waals surface area contributed by atoms with Crippen LogP contribution in [0.15, 0.2) is 18.5 Å². The number of nitrogens with zero attached hydrogens (tertiary/aromatic N) is 2. The summed E-state index contributed by atoms with van der Waals surface area (Å²) in [5, 5.41) is 16.4. The van der Waals surface area contributed by atoms with Gasteiger partial charge in [-0.25, -0.2) is 14.8 Å². The van der Waals surface area contributed by atoms with E-state index in [0.29, 0.717) is 11.0 Å². The van der Waals surface area contributed by atoms with E-state index in [2.05, 4.69) is 20.6 Å². The van der Waals surface area contributed by atoms with Crippen molar-refractivity contribution in [2.24, 2.45) is 0 Å². The predicted molar refractivity (Wildman–Crippen MR) is 78.3 cm³/mol. The minimum absolute atomic E-state index is 0.345. The average molecular weight is 295 g/mol. The highest BCUT2D eigenvalue weighted by Crippen LogP contribution is 2.32. The average Bonchev–Trinajstić information content (AvgIpc) is 2.35. The van der Waals surface area contributed by atoms with Gasteiger partial charge < -0.3 is 15.7 Å². The quantitative estimate of drug-likeness (QED) is 0.758. The molecule has 0 saturated heterocycles. The van der Waals surface area contributed by atoms with Crippen molar-refractivity contribution in [3.63, 3.8) is 0 Å². The maximum Gasteiger partial charge on any atom is 0.405 e. The highest BCUT2D eigenvalue weighted by atomic mass is 35.5. The lowest BCUT2D eigenvalue weighted by atomic mass is 9.92. The summed E-state index contributed by atoms with van der Waals surface area (Å²) in [6.45, 7) is 3.54. The molecule has 7 heteroatoms. The summed E-state index contributed by atoms with van der Waals surface area (Å²) in [6.07, 6.45) is 2.16. The van der Waals surface area contributed by atoms with Crippen molar-refractivity contribution in [2.75, 3.05) is 12.4 Å². The van der Waals surface area contributed by atoms with Crippen LogP contribution in [0.1, 0.15) is 19.4 Å². The van der Waals surface area contributed by atoms with Gasteiger partial charge in [-0.1, -0.05) is 11.6 Å². The fourth-order valence-electron chi connectivity index (χ4n) is 2.14. The van der Waals surface area contributed by atoms with E-state index < -0.39 is 11.6 Å². The Morgan fingerprint density at radius 2 is 2.00 bits per heavy atom. The molecule has 0 radical (unpaired) electrons. The summed E-state index contributed by atoms with van der Waals surface area (Å²) >= 11 is 5.95. The largest absolute Gasteiger partial charge is 0.465 e. The molecule has 1 amide bonds. The number of pyridine rings is 2. The number of aromatic nitrogens is 2. The van der Waals surface area contributed by atoms with Crippen LogP contribution in [0.5, 0.6) is 0 Å². The molecule has 0 aliphatic heterocycles. The summed E-state index contributed by atoms with van der Waals surface area (Å²) in [5.41, 5.74) is -0.0631. The predicted octanol–water partition coefficient (Wildman–Crippen LogP) is 2.83. The Morgan fingerprint density at radius 1 is 1.30 bits per heavy atom. The Labute approximate surface area is 121 Å². The van der Waals surface area contributed by atoms with Crippen molar-refractivity contribution < 1.29 is 9.90 Å². The number of carboxylic acid groups (broad SMARTS) is 1. The summed E-state index contributed by atoms with van der Waals surface area (Å²) in [4.78, 5) is 19.3. The Balaban J connectivity index is 2.71. The minimum Gasteiger partial charge on any atom is -0.465 e. The molecule has 0 fully saturated rings. The normalized spacial score (nSPS) is 11.4. The molecule has 0 aliphatic rings. The van der Waals surface area contributed by atoms with Gasteiger partial charge in [-0.05, 0) is 25.3 Å². The second kappa shape index (κ2) is 5.13. The van der Waals surface area contributed by atoms with E-state index in [9.17, 15) is 4.79 Å². The maximum absolute atomic E-state index is 10.9. The van der Waals surface area contributed by atoms with Crippen LogP contribution < -0.4 is 10.6 Å². The minimum atomic E-state index is -1.10. The van der Waals surface area contributed by atoms with E-state index in [4.69, 9.17) is 16.7 Å². The standard InChI is InChI=1S/C13H15ClN4O2/c1-13(2,18-12(19)20)9-6-17-11(15-3)8-5-16-10(14)4-7(8)9/h4-6,18H,1-3H3,(H,15,17)(H,19,20). The van der Waals surface area contributed by atoms with Crippen LogP contribution in [0.4, 0.5) is 10.6 Å². The first-order valence-corrected chi connectivity index (χ1v) is 6.36. The molecule has 3 N–H and O–H groups in total. The van der Waals surface area contributed by atoms with Crippen LogP contribution in [-0.2, 0) is 5.54 Å². The Morgan fingerprint density at radius 3 is 2.60 bits per heavy atom. The number of halogens is 1. The van der Waals surface area contributed by atoms with Gasteiger partial charge in [-0.15, -0.1) is 0 Å². The summed E-state index contributed by atoms with van der Waals surface area (Å²) in [5.74, 6) is 0.666. The van der Waals surface area contributed by atoms with Crippen molar-refractivity contribution in [3.05, 3.63) is 29.2 Å². The topological polar surface area (TPSA) is 87.1 Å². The van der Waals surface area contributed by atoms with Crippen molar-refractivity contribution in [2.45, 2.75) is 19.4 Å². The Kier molecular flexibility index (Phi) is 3.67. The van der Waals surface area contributed by atoms with Gasteiger partial charge in [0.2, 0.25) is 0 Å². The third-order valence-corrected chi connectivity index (χ3v) is 3.27. The molecule has 20 heavy (non-hydrogen) atoms. The molecular weight excluding hydrogens is 280 g/mol. The van der Waals surface area contributed by atoms with Crippen LogP contribution in [0, 0.1) is 0 Å². The van der Waals surface area contributed by atoms with Gasteiger partial charge >= 0.3 is 6.09 Å². The maximum atomic E-state index is 10.9. The van der Waals surface area contributed by atoms with Gasteiger partial charge in [-0.2, -0.15) is 0 Å². The molecule has 2 rings (SSSR count). The van der Waals surface area contributed by atoms with Gasteiger partial charge in [0.05, 0.1) is 5.54 Å². The molecule has 0 aromatic carbocycles. The first kappa shape index (κ1) is 14.3. The number of rotatable bonds is 3. The fraction of sp³-hybridized carbons (Fsp3) is 0.308. The van der Waals surface area contributed by atoms with E-state index in [0.717, 1.165) is 16.3 Å². The third-order valence-electron chi connectivity index (χ3n) is 3.07. The summed E-state index contributed by atoms with van der Waals surface area (Å²) in [7, 11) is 1.76. The Hall–Kier alpha value is -2.08. The first-order chi connectivity index (χ1) is 9.35. The number of hydrogen-bond acceptors (Lipinski definition) is 4. The van der Waals surface area contributed by atoms with Gasteiger partial charge in [0.25, 0.3) is 0 Å². The van der Waals surface area contributed by atoms with Crippen molar-refractivity contribution in [3.8, 4) is 0 Å². The highest BCUT2D eigenvalue weighted by Gasteiger charge is 2.26. The molecule has 0 atom stereocenters. The summed E-state index contributed by atoms with van der Waals surface area (Å²) < 4.78 is 0. The van der Waals surface area contributed by atoms with Gasteiger partial charge in [0, 0.05) is 30.4 Å². The zero-order chi connectivity index (χ0) is 14.9. The Bertz CT molecular complexity index is 673. The molecule has 2 aromatic rings. The van der Waals surface area contributed by atoms with Crippen LogP contribution in [0.2, 0.25) is 5.15 Å². The molecule has 106 valence electrons. The van der Waals surface area contributed by atoms with E-state index in [1.165, 1.54) is 0 Å². The number of anilines is 1. The molecule has 2 aromatic heterocycles. The molecule has 0 spiro atoms. The van der Waals surface area contributed by atoms with Crippen molar-refractivity contribution in [1.82, 2.24) is 15.3 Å². The van der Waals surface area contributed by atoms with Gasteiger partial charge in [0.15, 0.2) is 0 Å². The highest BCUT2D eigenvalue weighted by molar-refractivity contribution is 6.30. The van der Waals surface area contributed by atoms with Crippen molar-refractivity contribution in [1.29, 1.82) is 0 Å². The van der Waals surface area contributed by atoms with Crippen LogP contribution in [-0.4, -0.2) is 28.2 Å². The zero-order valence-electron chi connectivity index (χ0n) is 11.4. The number of amides is 1. The van der Waals surface area contributed by atoms with Crippen LogP contribution in [0.3, 0.4) is 0 Å². The lowest BCUT2D eigenvalue weighted by Crippen LogP contribution is -2.40. The van der Waals surface area contributed by atoms with Crippen molar-refractivity contribution >= 4 is 34.3 Å². The molecule has 0 unspecified atom stereocenters. The zero-order valence-corrected chi connectivity index (χ0v) is 12.1.